The predicted octanol–water partition coefficient (Wildman–Crippen LogP) is 1.33. The smallest absolute Gasteiger partial charge is 0.273 e. The maximum Gasteiger partial charge on any atom is 0.273 e. The van der Waals surface area contributed by atoms with Gasteiger partial charge < -0.3 is 20.1 Å². The van der Waals surface area contributed by atoms with Crippen LogP contribution >= 0.6 is 0 Å². The van der Waals surface area contributed by atoms with E-state index < -0.39 is 0 Å². The Bertz CT molecular complexity index is 723. The van der Waals surface area contributed by atoms with Gasteiger partial charge in [0.15, 0.2) is 5.69 Å². The fourth-order valence-electron chi connectivity index (χ4n) is 3.04. The zero-order chi connectivity index (χ0) is 18.4. The predicted molar refractivity (Wildman–Crippen MR) is 96.7 cm³/mol. The lowest BCUT2D eigenvalue weighted by molar-refractivity contribution is 0.0941. The number of carbonyl (C=O) groups excluding carboxylic acids is 1. The normalized spacial score (nSPS) is 14.8. The number of rotatable bonds is 7. The lowest BCUT2D eigenvalue weighted by atomic mass is 10.1. The van der Waals surface area contributed by atoms with Gasteiger partial charge in [-0.15, -0.1) is 5.10 Å². The molecule has 2 aromatic rings. The van der Waals surface area contributed by atoms with Crippen molar-refractivity contribution in [2.45, 2.75) is 25.8 Å². The molecule has 1 aromatic heterocycles. The highest BCUT2D eigenvalue weighted by molar-refractivity contribution is 5.93. The van der Waals surface area contributed by atoms with Crippen LogP contribution in [0.2, 0.25) is 0 Å². The summed E-state index contributed by atoms with van der Waals surface area (Å²) in [6, 6.07) is 7.63. The molecular weight excluding hydrogens is 334 g/mol. The summed E-state index contributed by atoms with van der Waals surface area (Å²) in [7, 11) is 1.62. The highest BCUT2D eigenvalue weighted by Crippen LogP contribution is 2.20. The van der Waals surface area contributed by atoms with Crippen molar-refractivity contribution >= 4 is 5.91 Å². The zero-order valence-corrected chi connectivity index (χ0v) is 15.2. The van der Waals surface area contributed by atoms with E-state index in [4.69, 9.17) is 9.47 Å². The summed E-state index contributed by atoms with van der Waals surface area (Å²) in [6.45, 7) is 4.59. The van der Waals surface area contributed by atoms with E-state index in [0.29, 0.717) is 24.9 Å². The summed E-state index contributed by atoms with van der Waals surface area (Å²) in [6.07, 6.45) is 2.00. The highest BCUT2D eigenvalue weighted by atomic mass is 16.5. The minimum Gasteiger partial charge on any atom is -0.497 e. The number of benzene rings is 1. The number of carbonyl (C=O) groups is 1. The molecule has 0 aliphatic carbocycles. The third-order valence-corrected chi connectivity index (χ3v) is 4.51. The van der Waals surface area contributed by atoms with Crippen molar-refractivity contribution in [3.05, 3.63) is 35.7 Å². The molecule has 0 bridgehead atoms. The maximum atomic E-state index is 12.3. The number of nitrogens with one attached hydrogen (secondary N) is 2. The Balaban J connectivity index is 1.48. The third kappa shape index (κ3) is 4.32. The number of hydrogen-bond acceptors (Lipinski definition) is 6. The molecule has 1 aromatic carbocycles. The maximum absolute atomic E-state index is 12.3. The largest absolute Gasteiger partial charge is 0.497 e. The quantitative estimate of drug-likeness (QED) is 0.725. The van der Waals surface area contributed by atoms with Crippen LogP contribution in [0, 0.1) is 6.92 Å². The van der Waals surface area contributed by atoms with Crippen molar-refractivity contribution in [2.75, 3.05) is 33.4 Å². The van der Waals surface area contributed by atoms with Crippen molar-refractivity contribution in [1.29, 1.82) is 0 Å². The number of ether oxygens (including phenoxy) is 2. The fourth-order valence-corrected chi connectivity index (χ4v) is 3.04. The van der Waals surface area contributed by atoms with Crippen LogP contribution in [-0.2, 0) is 0 Å². The molecule has 26 heavy (non-hydrogen) atoms. The van der Waals surface area contributed by atoms with Crippen LogP contribution < -0.4 is 20.1 Å². The van der Waals surface area contributed by atoms with E-state index in [9.17, 15) is 4.79 Å². The molecule has 0 unspecified atom stereocenters. The van der Waals surface area contributed by atoms with E-state index in [-0.39, 0.29) is 5.91 Å². The van der Waals surface area contributed by atoms with Gasteiger partial charge in [0.05, 0.1) is 25.4 Å². The Labute approximate surface area is 152 Å². The minimum absolute atomic E-state index is 0.221. The number of piperidine rings is 1. The van der Waals surface area contributed by atoms with Gasteiger partial charge in [-0.3, -0.25) is 4.79 Å². The second kappa shape index (κ2) is 8.66. The van der Waals surface area contributed by atoms with Crippen LogP contribution in [0.5, 0.6) is 11.5 Å². The minimum atomic E-state index is -0.221. The molecule has 0 atom stereocenters. The number of hydrogen-bond donors (Lipinski definition) is 2. The van der Waals surface area contributed by atoms with E-state index >= 15 is 0 Å². The molecule has 1 amide bonds. The van der Waals surface area contributed by atoms with E-state index in [2.05, 4.69) is 20.9 Å². The lowest BCUT2D eigenvalue weighted by Crippen LogP contribution is -2.31. The fraction of sp³-hybridized carbons (Fsp3) is 0.500. The second-order valence-corrected chi connectivity index (χ2v) is 6.23. The summed E-state index contributed by atoms with van der Waals surface area (Å²) in [5.74, 6) is 1.28. The Hall–Kier alpha value is -2.61. The van der Waals surface area contributed by atoms with Crippen molar-refractivity contribution in [1.82, 2.24) is 25.6 Å². The third-order valence-electron chi connectivity index (χ3n) is 4.51. The number of aromatic nitrogens is 3. The van der Waals surface area contributed by atoms with Gasteiger partial charge in [0, 0.05) is 0 Å². The molecule has 2 N–H and O–H groups in total. The van der Waals surface area contributed by atoms with E-state index in [1.165, 1.54) is 0 Å². The Morgan fingerprint density at radius 2 is 1.96 bits per heavy atom. The zero-order valence-electron chi connectivity index (χ0n) is 15.2. The first-order chi connectivity index (χ1) is 12.7. The van der Waals surface area contributed by atoms with Crippen molar-refractivity contribution in [2.24, 2.45) is 0 Å². The SMILES string of the molecule is COc1ccc(OCCNC(=O)c2nnn(C3CCNCC3)c2C)cc1. The molecule has 0 spiro atoms. The molecule has 1 fully saturated rings. The van der Waals surface area contributed by atoms with Crippen LogP contribution in [-0.4, -0.2) is 54.3 Å². The van der Waals surface area contributed by atoms with Crippen LogP contribution in [0.3, 0.4) is 0 Å². The van der Waals surface area contributed by atoms with Crippen LogP contribution in [0.4, 0.5) is 0 Å². The molecule has 8 nitrogen and oxygen atoms in total. The highest BCUT2D eigenvalue weighted by Gasteiger charge is 2.22. The monoisotopic (exact) mass is 359 g/mol. The van der Waals surface area contributed by atoms with E-state index in [0.717, 1.165) is 43.1 Å². The van der Waals surface area contributed by atoms with Crippen LogP contribution in [0.1, 0.15) is 35.1 Å². The van der Waals surface area contributed by atoms with E-state index in [1.807, 2.05) is 35.9 Å². The van der Waals surface area contributed by atoms with Crippen molar-refractivity contribution < 1.29 is 14.3 Å². The van der Waals surface area contributed by atoms with E-state index in [1.54, 1.807) is 7.11 Å². The molecule has 0 saturated carbocycles. The standard InChI is InChI=1S/C18H25N5O3/c1-13-17(21-22-23(13)14-7-9-19-10-8-14)18(24)20-11-12-26-16-5-3-15(25-2)4-6-16/h3-6,14,19H,7-12H2,1-2H3,(H,20,24). The van der Waals surface area contributed by atoms with Gasteiger partial charge in [-0.1, -0.05) is 5.21 Å². The summed E-state index contributed by atoms with van der Waals surface area (Å²) in [4.78, 5) is 12.3. The summed E-state index contributed by atoms with van der Waals surface area (Å²) < 4.78 is 12.6. The number of amides is 1. The number of methoxy groups -OCH3 is 1. The Kier molecular flexibility index (Phi) is 6.06. The Morgan fingerprint density at radius 3 is 2.65 bits per heavy atom. The Morgan fingerprint density at radius 1 is 1.27 bits per heavy atom. The first-order valence-corrected chi connectivity index (χ1v) is 8.86. The van der Waals surface area contributed by atoms with Gasteiger partial charge in [0.25, 0.3) is 5.91 Å². The molecule has 8 heteroatoms. The van der Waals surface area contributed by atoms with Crippen molar-refractivity contribution in [3.63, 3.8) is 0 Å². The van der Waals surface area contributed by atoms with Gasteiger partial charge in [-0.25, -0.2) is 4.68 Å². The average Bonchev–Trinajstić information content (AvgIpc) is 3.07. The summed E-state index contributed by atoms with van der Waals surface area (Å²) in [5.41, 5.74) is 1.19. The first kappa shape index (κ1) is 18.2. The van der Waals surface area contributed by atoms with Crippen LogP contribution in [0.15, 0.2) is 24.3 Å². The number of nitrogens with zero attached hydrogens (tertiary/aromatic N) is 3. The molecule has 1 aliphatic heterocycles. The molecule has 1 aliphatic rings. The average molecular weight is 359 g/mol. The van der Waals surface area contributed by atoms with Gasteiger partial charge in [0.1, 0.15) is 18.1 Å². The van der Waals surface area contributed by atoms with Gasteiger partial charge in [0.2, 0.25) is 0 Å². The van der Waals surface area contributed by atoms with Gasteiger partial charge >= 0.3 is 0 Å². The molecular formula is C18H25N5O3. The van der Waals surface area contributed by atoms with Crippen LogP contribution in [0.25, 0.3) is 0 Å². The topological polar surface area (TPSA) is 90.3 Å². The van der Waals surface area contributed by atoms with Gasteiger partial charge in [-0.05, 0) is 57.1 Å². The summed E-state index contributed by atoms with van der Waals surface area (Å²) in [5, 5.41) is 14.4. The molecule has 1 saturated heterocycles. The molecule has 0 radical (unpaired) electrons. The first-order valence-electron chi connectivity index (χ1n) is 8.86. The molecule has 3 rings (SSSR count). The lowest BCUT2D eigenvalue weighted by Gasteiger charge is -2.23. The second-order valence-electron chi connectivity index (χ2n) is 6.23. The summed E-state index contributed by atoms with van der Waals surface area (Å²) >= 11 is 0. The molecule has 140 valence electrons. The van der Waals surface area contributed by atoms with Gasteiger partial charge in [-0.2, -0.15) is 0 Å². The van der Waals surface area contributed by atoms with Crippen molar-refractivity contribution in [3.8, 4) is 11.5 Å². The molecule has 2 heterocycles.